The Balaban J connectivity index is 1.50. The summed E-state index contributed by atoms with van der Waals surface area (Å²) in [5.41, 5.74) is 0.189. The van der Waals surface area contributed by atoms with Gasteiger partial charge in [0.1, 0.15) is 0 Å². The Morgan fingerprint density at radius 2 is 2.03 bits per heavy atom. The lowest BCUT2D eigenvalue weighted by atomic mass is 9.85. The summed E-state index contributed by atoms with van der Waals surface area (Å²) >= 11 is 0. The van der Waals surface area contributed by atoms with Gasteiger partial charge in [0.15, 0.2) is 11.6 Å². The Kier molecular flexibility index (Phi) is 7.55. The van der Waals surface area contributed by atoms with Crippen LogP contribution in [0, 0.1) is 11.7 Å². The van der Waals surface area contributed by atoms with E-state index in [2.05, 4.69) is 10.0 Å². The van der Waals surface area contributed by atoms with Gasteiger partial charge in [-0.05, 0) is 36.5 Å². The van der Waals surface area contributed by atoms with E-state index in [0.717, 1.165) is 18.4 Å². The van der Waals surface area contributed by atoms with Crippen molar-refractivity contribution in [3.63, 3.8) is 0 Å². The summed E-state index contributed by atoms with van der Waals surface area (Å²) in [6.07, 6.45) is 5.50. The summed E-state index contributed by atoms with van der Waals surface area (Å²) in [7, 11) is -3.59. The third-order valence-corrected chi connectivity index (χ3v) is 6.78. The third-order valence-electron chi connectivity index (χ3n) is 5.57. The number of ether oxygens (including phenoxy) is 1. The van der Waals surface area contributed by atoms with Crippen molar-refractivity contribution in [3.05, 3.63) is 41.7 Å². The Morgan fingerprint density at radius 1 is 1.28 bits per heavy atom. The number of carbonyl (C=O) groups excluding carboxylic acids is 2. The van der Waals surface area contributed by atoms with Crippen LogP contribution in [0.1, 0.15) is 38.7 Å². The number of nitrogens with zero attached hydrogens (tertiary/aromatic N) is 1. The van der Waals surface area contributed by atoms with Gasteiger partial charge in [0.25, 0.3) is 0 Å². The number of nitrogens with one attached hydrogen (secondary N) is 2. The Bertz CT molecular complexity index is 989. The fraction of sp³-hybridized carbons (Fsp3) is 0.545. The first-order valence-electron chi connectivity index (χ1n) is 10.7. The minimum Gasteiger partial charge on any atom is -0.490 e. The number of halogens is 1. The minimum absolute atomic E-state index is 0.132. The molecule has 3 amide bonds. The molecule has 2 N–H and O–H groups in total. The van der Waals surface area contributed by atoms with Crippen LogP contribution in [0.2, 0.25) is 0 Å². The molecule has 1 aromatic rings. The van der Waals surface area contributed by atoms with Crippen LogP contribution >= 0.6 is 0 Å². The summed E-state index contributed by atoms with van der Waals surface area (Å²) < 4.78 is 47.0. The maximum atomic E-state index is 14.1. The molecule has 2 aliphatic rings. The van der Waals surface area contributed by atoms with Gasteiger partial charge in [-0.3, -0.25) is 10.1 Å². The molecule has 0 atom stereocenters. The molecule has 8 nitrogen and oxygen atoms in total. The molecule has 0 bridgehead atoms. The molecule has 0 radical (unpaired) electrons. The zero-order valence-corrected chi connectivity index (χ0v) is 19.2. The number of urea groups is 1. The average Bonchev–Trinajstić information content (AvgIpc) is 3.55. The average molecular weight is 468 g/mol. The Hall–Kier alpha value is -2.46. The van der Waals surface area contributed by atoms with Crippen molar-refractivity contribution in [1.82, 2.24) is 14.9 Å². The van der Waals surface area contributed by atoms with Crippen LogP contribution in [0.3, 0.4) is 0 Å². The van der Waals surface area contributed by atoms with Crippen molar-refractivity contribution in [3.8, 4) is 5.75 Å². The van der Waals surface area contributed by atoms with E-state index in [1.54, 1.807) is 18.2 Å². The number of carbonyl (C=O) groups is 2. The third kappa shape index (κ3) is 7.03. The van der Waals surface area contributed by atoms with Crippen molar-refractivity contribution >= 4 is 22.0 Å². The van der Waals surface area contributed by atoms with Crippen molar-refractivity contribution in [2.75, 3.05) is 32.0 Å². The first-order valence-corrected chi connectivity index (χ1v) is 12.3. The molecule has 0 spiro atoms. The number of rotatable bonds is 11. The first-order chi connectivity index (χ1) is 15.1. The molecule has 3 rings (SSSR count). The van der Waals surface area contributed by atoms with Gasteiger partial charge >= 0.3 is 6.03 Å². The zero-order valence-electron chi connectivity index (χ0n) is 18.4. The SMILES string of the molecule is CC(C)(CNS(=O)(=O)C/C=C/CN1CCC(=O)NC1=O)c1ccc(F)c(OCC2CC2)c1. The van der Waals surface area contributed by atoms with Crippen LogP contribution in [-0.4, -0.2) is 57.3 Å². The van der Waals surface area contributed by atoms with Gasteiger partial charge in [-0.25, -0.2) is 22.3 Å². The van der Waals surface area contributed by atoms with Crippen LogP contribution in [0.15, 0.2) is 30.4 Å². The number of hydrogen-bond donors (Lipinski definition) is 2. The maximum Gasteiger partial charge on any atom is 0.324 e. The fourth-order valence-corrected chi connectivity index (χ4v) is 4.24. The molecule has 32 heavy (non-hydrogen) atoms. The van der Waals surface area contributed by atoms with Crippen LogP contribution in [0.25, 0.3) is 0 Å². The van der Waals surface area contributed by atoms with Gasteiger partial charge in [-0.1, -0.05) is 32.1 Å². The highest BCUT2D eigenvalue weighted by Gasteiger charge is 2.26. The molecule has 10 heteroatoms. The lowest BCUT2D eigenvalue weighted by molar-refractivity contribution is -0.121. The highest BCUT2D eigenvalue weighted by atomic mass is 32.2. The van der Waals surface area contributed by atoms with E-state index in [0.29, 0.717) is 19.1 Å². The quantitative estimate of drug-likeness (QED) is 0.486. The number of hydrogen-bond acceptors (Lipinski definition) is 5. The summed E-state index contributed by atoms with van der Waals surface area (Å²) in [6, 6.07) is 4.15. The molecular weight excluding hydrogens is 437 g/mol. The second-order valence-corrected chi connectivity index (χ2v) is 10.8. The molecule has 1 aliphatic heterocycles. The highest BCUT2D eigenvalue weighted by Crippen LogP contribution is 2.32. The second kappa shape index (κ2) is 9.99. The lowest BCUT2D eigenvalue weighted by Crippen LogP contribution is -2.49. The Labute approximate surface area is 188 Å². The molecule has 1 saturated heterocycles. The first kappa shape index (κ1) is 24.2. The van der Waals surface area contributed by atoms with E-state index in [-0.39, 0.29) is 36.9 Å². The van der Waals surface area contributed by atoms with Crippen LogP contribution in [-0.2, 0) is 20.2 Å². The monoisotopic (exact) mass is 467 g/mol. The Morgan fingerprint density at radius 3 is 2.72 bits per heavy atom. The van der Waals surface area contributed by atoms with Gasteiger partial charge in [-0.15, -0.1) is 0 Å². The maximum absolute atomic E-state index is 14.1. The van der Waals surface area contributed by atoms with E-state index < -0.39 is 27.3 Å². The van der Waals surface area contributed by atoms with E-state index in [4.69, 9.17) is 4.74 Å². The van der Waals surface area contributed by atoms with Gasteiger partial charge in [0, 0.05) is 31.5 Å². The lowest BCUT2D eigenvalue weighted by Gasteiger charge is -2.26. The summed E-state index contributed by atoms with van der Waals surface area (Å²) in [5.74, 6) is -0.291. The smallest absolute Gasteiger partial charge is 0.324 e. The predicted molar refractivity (Wildman–Crippen MR) is 118 cm³/mol. The summed E-state index contributed by atoms with van der Waals surface area (Å²) in [5, 5.41) is 2.21. The minimum atomic E-state index is -3.59. The molecular formula is C22H30FN3O5S. The molecule has 176 valence electrons. The van der Waals surface area contributed by atoms with Gasteiger partial charge in [0.2, 0.25) is 15.9 Å². The van der Waals surface area contributed by atoms with Crippen LogP contribution in [0.4, 0.5) is 9.18 Å². The second-order valence-electron chi connectivity index (χ2n) is 8.91. The van der Waals surface area contributed by atoms with Gasteiger partial charge < -0.3 is 9.64 Å². The normalized spacial score (nSPS) is 17.7. The molecule has 0 unspecified atom stereocenters. The molecule has 1 heterocycles. The number of amides is 3. The van der Waals surface area contributed by atoms with Crippen molar-refractivity contribution in [2.24, 2.45) is 5.92 Å². The van der Waals surface area contributed by atoms with Crippen molar-refractivity contribution in [1.29, 1.82) is 0 Å². The van der Waals surface area contributed by atoms with Crippen molar-refractivity contribution < 1.29 is 27.1 Å². The van der Waals surface area contributed by atoms with Crippen molar-refractivity contribution in [2.45, 2.75) is 38.5 Å². The van der Waals surface area contributed by atoms with E-state index in [9.17, 15) is 22.4 Å². The number of sulfonamides is 1. The molecule has 1 saturated carbocycles. The zero-order chi connectivity index (χ0) is 23.4. The van der Waals surface area contributed by atoms with Gasteiger partial charge in [-0.2, -0.15) is 0 Å². The molecule has 1 aromatic carbocycles. The van der Waals surface area contributed by atoms with E-state index in [1.165, 1.54) is 17.0 Å². The topological polar surface area (TPSA) is 105 Å². The fourth-order valence-electron chi connectivity index (χ4n) is 3.15. The number of imide groups is 1. The standard InChI is InChI=1S/C22H30FN3O5S/c1-22(2,17-7-8-18(23)19(13-17)31-14-16-5-6-16)15-24-32(29,30)12-4-3-10-26-11-9-20(27)25-21(26)28/h3-4,7-8,13,16,24H,5-6,9-12,14-15H2,1-2H3,(H,25,27,28)/b4-3+. The molecule has 1 aliphatic carbocycles. The summed E-state index contributed by atoms with van der Waals surface area (Å²) in [4.78, 5) is 24.2. The largest absolute Gasteiger partial charge is 0.490 e. The number of benzene rings is 1. The van der Waals surface area contributed by atoms with Crippen LogP contribution in [0.5, 0.6) is 5.75 Å². The molecule has 2 fully saturated rings. The van der Waals surface area contributed by atoms with E-state index in [1.807, 2.05) is 13.8 Å². The predicted octanol–water partition coefficient (Wildman–Crippen LogP) is 2.31. The molecule has 0 aromatic heterocycles. The van der Waals surface area contributed by atoms with E-state index >= 15 is 0 Å². The highest BCUT2D eigenvalue weighted by molar-refractivity contribution is 7.89. The van der Waals surface area contributed by atoms with Crippen LogP contribution < -0.4 is 14.8 Å². The van der Waals surface area contributed by atoms with Gasteiger partial charge in [0.05, 0.1) is 12.4 Å². The summed E-state index contributed by atoms with van der Waals surface area (Å²) in [6.45, 7) is 4.90.